The molecule has 30 heavy (non-hydrogen) atoms. The van der Waals surface area contributed by atoms with Gasteiger partial charge in [0.05, 0.1) is 12.2 Å². The Hall–Kier alpha value is -3.45. The molecule has 0 unspecified atom stereocenters. The Morgan fingerprint density at radius 1 is 0.933 bits per heavy atom. The molecule has 0 spiro atoms. The zero-order valence-corrected chi connectivity index (χ0v) is 17.5. The molecule has 3 rings (SSSR count). The molecule has 0 bridgehead atoms. The van der Waals surface area contributed by atoms with Gasteiger partial charge in [-0.1, -0.05) is 48.0 Å². The van der Waals surface area contributed by atoms with Crippen LogP contribution < -0.4 is 5.32 Å². The van der Waals surface area contributed by atoms with Crippen LogP contribution in [0.5, 0.6) is 0 Å². The highest BCUT2D eigenvalue weighted by atomic mass is 32.1. The number of hydrogen-bond acceptors (Lipinski definition) is 6. The van der Waals surface area contributed by atoms with E-state index in [1.54, 1.807) is 36.6 Å². The van der Waals surface area contributed by atoms with Crippen LogP contribution >= 0.6 is 11.3 Å². The maximum atomic E-state index is 12.5. The molecule has 0 fully saturated rings. The van der Waals surface area contributed by atoms with E-state index in [1.165, 1.54) is 11.3 Å². The van der Waals surface area contributed by atoms with Gasteiger partial charge in [-0.3, -0.25) is 4.79 Å². The predicted molar refractivity (Wildman–Crippen MR) is 116 cm³/mol. The third-order valence-corrected chi connectivity index (χ3v) is 5.13. The van der Waals surface area contributed by atoms with Gasteiger partial charge < -0.3 is 14.8 Å². The van der Waals surface area contributed by atoms with Crippen molar-refractivity contribution in [1.29, 1.82) is 0 Å². The normalized spacial score (nSPS) is 10.3. The molecule has 1 N–H and O–H groups in total. The maximum Gasteiger partial charge on any atom is 0.341 e. The van der Waals surface area contributed by atoms with Gasteiger partial charge >= 0.3 is 11.9 Å². The molecule has 0 atom stereocenters. The number of amides is 1. The average Bonchev–Trinajstić information content (AvgIpc) is 3.17. The van der Waals surface area contributed by atoms with E-state index in [1.807, 2.05) is 37.3 Å². The van der Waals surface area contributed by atoms with Gasteiger partial charge in [0.15, 0.2) is 6.61 Å². The Morgan fingerprint density at radius 2 is 1.63 bits per heavy atom. The first-order chi connectivity index (χ1) is 14.5. The number of thiophene rings is 1. The third kappa shape index (κ3) is 5.12. The van der Waals surface area contributed by atoms with Crippen molar-refractivity contribution in [2.75, 3.05) is 18.5 Å². The quantitative estimate of drug-likeness (QED) is 0.557. The molecule has 1 amide bonds. The second-order valence-electron chi connectivity index (χ2n) is 6.43. The van der Waals surface area contributed by atoms with Gasteiger partial charge in [-0.15, -0.1) is 11.3 Å². The summed E-state index contributed by atoms with van der Waals surface area (Å²) >= 11 is 1.21. The Bertz CT molecular complexity index is 1040. The van der Waals surface area contributed by atoms with Crippen LogP contribution in [0.2, 0.25) is 0 Å². The van der Waals surface area contributed by atoms with Crippen molar-refractivity contribution in [1.82, 2.24) is 0 Å². The van der Waals surface area contributed by atoms with Gasteiger partial charge in [-0.05, 0) is 31.5 Å². The standard InChI is InChI=1S/C23H21NO5S/c1-3-28-23(27)20-18(16-7-5-4-6-8-16)14-30-21(20)24-19(25)13-29-22(26)17-11-9-15(2)10-12-17/h4-12,14H,3,13H2,1-2H3,(H,24,25). The lowest BCUT2D eigenvalue weighted by Gasteiger charge is -2.09. The number of esters is 2. The van der Waals surface area contributed by atoms with E-state index in [-0.39, 0.29) is 12.2 Å². The molecule has 1 aromatic heterocycles. The zero-order chi connectivity index (χ0) is 21.5. The van der Waals surface area contributed by atoms with Crippen LogP contribution in [0.25, 0.3) is 11.1 Å². The first-order valence-electron chi connectivity index (χ1n) is 9.37. The van der Waals surface area contributed by atoms with Crippen molar-refractivity contribution in [2.24, 2.45) is 0 Å². The molecule has 7 heteroatoms. The number of carbonyl (C=O) groups is 3. The van der Waals surface area contributed by atoms with Crippen LogP contribution in [0.4, 0.5) is 5.00 Å². The number of ether oxygens (including phenoxy) is 2. The fraction of sp³-hybridized carbons (Fsp3) is 0.174. The molecule has 0 saturated heterocycles. The predicted octanol–water partition coefficient (Wildman–Crippen LogP) is 4.70. The fourth-order valence-corrected chi connectivity index (χ4v) is 3.73. The minimum Gasteiger partial charge on any atom is -0.462 e. The van der Waals surface area contributed by atoms with Crippen LogP contribution in [-0.2, 0) is 14.3 Å². The van der Waals surface area contributed by atoms with E-state index in [4.69, 9.17) is 9.47 Å². The summed E-state index contributed by atoms with van der Waals surface area (Å²) in [6.45, 7) is 3.38. The lowest BCUT2D eigenvalue weighted by molar-refractivity contribution is -0.119. The van der Waals surface area contributed by atoms with E-state index in [2.05, 4.69) is 5.32 Å². The first kappa shape index (κ1) is 21.3. The minimum absolute atomic E-state index is 0.213. The molecule has 0 saturated carbocycles. The summed E-state index contributed by atoms with van der Waals surface area (Å²) in [5, 5.41) is 4.80. The first-order valence-corrected chi connectivity index (χ1v) is 10.2. The van der Waals surface area contributed by atoms with Crippen LogP contribution in [0.1, 0.15) is 33.2 Å². The summed E-state index contributed by atoms with van der Waals surface area (Å²) in [7, 11) is 0. The highest BCUT2D eigenvalue weighted by molar-refractivity contribution is 7.15. The lowest BCUT2D eigenvalue weighted by atomic mass is 10.0. The molecule has 0 aliphatic rings. The SMILES string of the molecule is CCOC(=O)c1c(-c2ccccc2)csc1NC(=O)COC(=O)c1ccc(C)cc1. The lowest BCUT2D eigenvalue weighted by Crippen LogP contribution is -2.21. The van der Waals surface area contributed by atoms with Gasteiger partial charge in [-0.25, -0.2) is 9.59 Å². The van der Waals surface area contributed by atoms with E-state index in [9.17, 15) is 14.4 Å². The summed E-state index contributed by atoms with van der Waals surface area (Å²) < 4.78 is 10.2. The number of benzene rings is 2. The fourth-order valence-electron chi connectivity index (χ4n) is 2.75. The molecular formula is C23H21NO5S. The Labute approximate surface area is 178 Å². The van der Waals surface area contributed by atoms with Gasteiger partial charge in [-0.2, -0.15) is 0 Å². The number of aryl methyl sites for hydroxylation is 1. The molecule has 0 aliphatic heterocycles. The molecule has 0 radical (unpaired) electrons. The molecule has 6 nitrogen and oxygen atoms in total. The number of hydrogen-bond donors (Lipinski definition) is 1. The highest BCUT2D eigenvalue weighted by Gasteiger charge is 2.23. The van der Waals surface area contributed by atoms with Gasteiger partial charge in [0, 0.05) is 10.9 Å². The van der Waals surface area contributed by atoms with Gasteiger partial charge in [0.25, 0.3) is 5.91 Å². The topological polar surface area (TPSA) is 81.7 Å². The van der Waals surface area contributed by atoms with Crippen LogP contribution in [0, 0.1) is 6.92 Å². The van der Waals surface area contributed by atoms with E-state index < -0.39 is 24.5 Å². The van der Waals surface area contributed by atoms with Crippen molar-refractivity contribution < 1.29 is 23.9 Å². The summed E-state index contributed by atoms with van der Waals surface area (Å²) in [5.74, 6) is -1.65. The largest absolute Gasteiger partial charge is 0.462 e. The zero-order valence-electron chi connectivity index (χ0n) is 16.6. The van der Waals surface area contributed by atoms with E-state index in [0.29, 0.717) is 16.1 Å². The van der Waals surface area contributed by atoms with Crippen molar-refractivity contribution >= 4 is 34.2 Å². The summed E-state index contributed by atoms with van der Waals surface area (Å²) in [5.41, 5.74) is 3.17. The Morgan fingerprint density at radius 3 is 2.30 bits per heavy atom. The number of rotatable bonds is 7. The summed E-state index contributed by atoms with van der Waals surface area (Å²) in [6.07, 6.45) is 0. The molecular weight excluding hydrogens is 402 g/mol. The molecule has 0 aliphatic carbocycles. The van der Waals surface area contributed by atoms with E-state index >= 15 is 0 Å². The van der Waals surface area contributed by atoms with Gasteiger partial charge in [0.2, 0.25) is 0 Å². The molecule has 3 aromatic rings. The average molecular weight is 423 g/mol. The molecule has 2 aromatic carbocycles. The maximum absolute atomic E-state index is 12.5. The smallest absolute Gasteiger partial charge is 0.341 e. The summed E-state index contributed by atoms with van der Waals surface area (Å²) in [6, 6.07) is 16.2. The second-order valence-corrected chi connectivity index (χ2v) is 7.31. The van der Waals surface area contributed by atoms with Crippen molar-refractivity contribution in [3.63, 3.8) is 0 Å². The third-order valence-electron chi connectivity index (χ3n) is 4.23. The number of nitrogens with one attached hydrogen (secondary N) is 1. The van der Waals surface area contributed by atoms with Crippen LogP contribution in [0.15, 0.2) is 60.0 Å². The highest BCUT2D eigenvalue weighted by Crippen LogP contribution is 2.36. The van der Waals surface area contributed by atoms with Crippen molar-refractivity contribution in [2.45, 2.75) is 13.8 Å². The Balaban J connectivity index is 1.73. The van der Waals surface area contributed by atoms with Gasteiger partial charge in [0.1, 0.15) is 10.6 Å². The van der Waals surface area contributed by atoms with Crippen LogP contribution in [0.3, 0.4) is 0 Å². The number of anilines is 1. The summed E-state index contributed by atoms with van der Waals surface area (Å²) in [4.78, 5) is 37.0. The van der Waals surface area contributed by atoms with E-state index in [0.717, 1.165) is 11.1 Å². The Kier molecular flexibility index (Phi) is 6.98. The molecule has 154 valence electrons. The van der Waals surface area contributed by atoms with Crippen molar-refractivity contribution in [3.8, 4) is 11.1 Å². The second kappa shape index (κ2) is 9.84. The van der Waals surface area contributed by atoms with Crippen molar-refractivity contribution in [3.05, 3.63) is 76.7 Å². The molecule has 1 heterocycles. The number of carbonyl (C=O) groups excluding carboxylic acids is 3. The minimum atomic E-state index is -0.591. The monoisotopic (exact) mass is 423 g/mol. The van der Waals surface area contributed by atoms with Crippen LogP contribution in [-0.4, -0.2) is 31.1 Å².